The molecule has 1 rings (SSSR count). The van der Waals surface area contributed by atoms with E-state index in [2.05, 4.69) is 0 Å². The van der Waals surface area contributed by atoms with Crippen LogP contribution in [-0.4, -0.2) is 11.7 Å². The Morgan fingerprint density at radius 3 is 2.44 bits per heavy atom. The molecule has 88 valence electrons. The number of carbonyl (C=O) groups excluding carboxylic acids is 1. The van der Waals surface area contributed by atoms with Gasteiger partial charge in [-0.2, -0.15) is 13.2 Å². The second-order valence-corrected chi connectivity index (χ2v) is 3.39. The first kappa shape index (κ1) is 13.0. The molecule has 0 bridgehead atoms. The molecule has 1 aromatic rings. The van der Waals surface area contributed by atoms with Gasteiger partial charge in [-0.3, -0.25) is 4.79 Å². The Morgan fingerprint density at radius 1 is 1.31 bits per heavy atom. The predicted molar refractivity (Wildman–Crippen MR) is 50.8 cm³/mol. The molecule has 0 saturated carbocycles. The van der Waals surface area contributed by atoms with Gasteiger partial charge < -0.3 is 0 Å². The molecule has 0 heterocycles. The van der Waals surface area contributed by atoms with Crippen LogP contribution in [0.1, 0.15) is 11.1 Å². The molecule has 6 heteroatoms. The minimum Gasteiger partial charge on any atom is -0.298 e. The number of hydrogen-bond acceptors (Lipinski definition) is 1. The third-order valence-corrected chi connectivity index (χ3v) is 2.22. The molecule has 0 amide bonds. The maximum Gasteiger partial charge on any atom is 0.419 e. The summed E-state index contributed by atoms with van der Waals surface area (Å²) in [5.41, 5.74) is -1.66. The van der Waals surface area contributed by atoms with E-state index in [1.54, 1.807) is 0 Å². The summed E-state index contributed by atoms with van der Waals surface area (Å²) in [4.78, 5) is 10.9. The molecule has 0 spiro atoms. The maximum absolute atomic E-state index is 13.3. The molecule has 16 heavy (non-hydrogen) atoms. The summed E-state index contributed by atoms with van der Waals surface area (Å²) in [5.74, 6) is -2.29. The van der Waals surface area contributed by atoms with E-state index in [9.17, 15) is 22.4 Å². The quantitative estimate of drug-likeness (QED) is 0.598. The van der Waals surface area contributed by atoms with Crippen LogP contribution in [0, 0.1) is 5.82 Å². The van der Waals surface area contributed by atoms with Gasteiger partial charge in [0.15, 0.2) is 5.78 Å². The molecule has 1 aromatic carbocycles. The van der Waals surface area contributed by atoms with Gasteiger partial charge in [-0.15, -0.1) is 11.6 Å². The molecule has 0 atom stereocenters. The molecule has 0 aliphatic carbocycles. The Kier molecular flexibility index (Phi) is 3.91. The Labute approximate surface area is 94.0 Å². The van der Waals surface area contributed by atoms with Crippen LogP contribution in [0.15, 0.2) is 18.2 Å². The zero-order valence-electron chi connectivity index (χ0n) is 7.94. The molecule has 0 saturated heterocycles. The zero-order valence-corrected chi connectivity index (χ0v) is 8.70. The third-order valence-electron chi connectivity index (χ3n) is 1.92. The van der Waals surface area contributed by atoms with Crippen molar-refractivity contribution in [1.29, 1.82) is 0 Å². The van der Waals surface area contributed by atoms with Gasteiger partial charge in [0.2, 0.25) is 0 Å². The standard InChI is InChI=1S/C10H7ClF4O/c11-5-7(16)4-6-2-1-3-8(9(6)12)10(13,14)15/h1-3H,4-5H2. The number of carbonyl (C=O) groups is 1. The average molecular weight is 255 g/mol. The molecule has 0 aliphatic rings. The lowest BCUT2D eigenvalue weighted by molar-refractivity contribution is -0.140. The Hall–Kier alpha value is -1.10. The average Bonchev–Trinajstić information content (AvgIpc) is 2.19. The molecule has 0 unspecified atom stereocenters. The highest BCUT2D eigenvalue weighted by atomic mass is 35.5. The topological polar surface area (TPSA) is 17.1 Å². The lowest BCUT2D eigenvalue weighted by Gasteiger charge is -2.10. The van der Waals surface area contributed by atoms with Crippen LogP contribution < -0.4 is 0 Å². The van der Waals surface area contributed by atoms with E-state index in [1.165, 1.54) is 0 Å². The second-order valence-electron chi connectivity index (χ2n) is 3.13. The number of alkyl halides is 4. The van der Waals surface area contributed by atoms with Crippen molar-refractivity contribution in [1.82, 2.24) is 0 Å². The van der Waals surface area contributed by atoms with Crippen LogP contribution in [0.3, 0.4) is 0 Å². The summed E-state index contributed by atoms with van der Waals surface area (Å²) in [6.45, 7) is 0. The summed E-state index contributed by atoms with van der Waals surface area (Å²) in [7, 11) is 0. The highest BCUT2D eigenvalue weighted by molar-refractivity contribution is 6.27. The summed E-state index contributed by atoms with van der Waals surface area (Å²) in [5, 5.41) is 0. The number of benzene rings is 1. The van der Waals surface area contributed by atoms with Crippen molar-refractivity contribution in [3.63, 3.8) is 0 Å². The molecule has 0 N–H and O–H groups in total. The maximum atomic E-state index is 13.3. The van der Waals surface area contributed by atoms with Crippen LogP contribution in [0.5, 0.6) is 0 Å². The van der Waals surface area contributed by atoms with E-state index < -0.39 is 29.8 Å². The van der Waals surface area contributed by atoms with E-state index in [4.69, 9.17) is 11.6 Å². The van der Waals surface area contributed by atoms with Gasteiger partial charge in [-0.1, -0.05) is 12.1 Å². The van der Waals surface area contributed by atoms with E-state index >= 15 is 0 Å². The summed E-state index contributed by atoms with van der Waals surface area (Å²) in [6.07, 6.45) is -5.19. The van der Waals surface area contributed by atoms with Crippen molar-refractivity contribution >= 4 is 17.4 Å². The highest BCUT2D eigenvalue weighted by Crippen LogP contribution is 2.32. The monoisotopic (exact) mass is 254 g/mol. The van der Waals surface area contributed by atoms with E-state index in [-0.39, 0.29) is 11.4 Å². The summed E-state index contributed by atoms with van der Waals surface area (Å²) >= 11 is 5.19. The number of halogens is 5. The SMILES string of the molecule is O=C(CCl)Cc1cccc(C(F)(F)F)c1F. The van der Waals surface area contributed by atoms with Crippen LogP contribution >= 0.6 is 11.6 Å². The van der Waals surface area contributed by atoms with Gasteiger partial charge in [0.05, 0.1) is 11.4 Å². The smallest absolute Gasteiger partial charge is 0.298 e. The van der Waals surface area contributed by atoms with Crippen molar-refractivity contribution in [2.75, 3.05) is 5.88 Å². The van der Waals surface area contributed by atoms with Crippen molar-refractivity contribution in [2.24, 2.45) is 0 Å². The number of hydrogen-bond donors (Lipinski definition) is 0. The van der Waals surface area contributed by atoms with E-state index in [0.717, 1.165) is 12.1 Å². The predicted octanol–water partition coefficient (Wildman–Crippen LogP) is 3.19. The summed E-state index contributed by atoms with van der Waals surface area (Å²) in [6, 6.07) is 2.82. The van der Waals surface area contributed by atoms with Crippen molar-refractivity contribution in [3.8, 4) is 0 Å². The van der Waals surface area contributed by atoms with Gasteiger partial charge >= 0.3 is 6.18 Å². The Bertz CT molecular complexity index is 400. The first-order valence-corrected chi connectivity index (χ1v) is 4.82. The Morgan fingerprint density at radius 2 is 1.94 bits per heavy atom. The minimum atomic E-state index is -4.76. The van der Waals surface area contributed by atoms with Crippen LogP contribution in [0.25, 0.3) is 0 Å². The fraction of sp³-hybridized carbons (Fsp3) is 0.300. The number of rotatable bonds is 3. The van der Waals surface area contributed by atoms with Gasteiger partial charge in [-0.05, 0) is 11.6 Å². The highest BCUT2D eigenvalue weighted by Gasteiger charge is 2.34. The van der Waals surface area contributed by atoms with Crippen LogP contribution in [0.2, 0.25) is 0 Å². The fourth-order valence-corrected chi connectivity index (χ4v) is 1.29. The first-order valence-electron chi connectivity index (χ1n) is 4.28. The minimum absolute atomic E-state index is 0.291. The van der Waals surface area contributed by atoms with Crippen molar-refractivity contribution < 1.29 is 22.4 Å². The molecular weight excluding hydrogens is 248 g/mol. The van der Waals surface area contributed by atoms with Gasteiger partial charge in [0, 0.05) is 6.42 Å². The molecule has 0 radical (unpaired) electrons. The van der Waals surface area contributed by atoms with E-state index in [0.29, 0.717) is 6.07 Å². The van der Waals surface area contributed by atoms with Crippen LogP contribution in [-0.2, 0) is 17.4 Å². The lowest BCUT2D eigenvalue weighted by Crippen LogP contribution is -2.12. The number of Topliss-reactive ketones (excluding diaryl/α,β-unsaturated/α-hetero) is 1. The zero-order chi connectivity index (χ0) is 12.3. The molecule has 1 nitrogen and oxygen atoms in total. The lowest BCUT2D eigenvalue weighted by atomic mass is 10.0. The van der Waals surface area contributed by atoms with Gasteiger partial charge in [-0.25, -0.2) is 4.39 Å². The van der Waals surface area contributed by atoms with Crippen molar-refractivity contribution in [3.05, 3.63) is 35.1 Å². The fourth-order valence-electron chi connectivity index (χ4n) is 1.19. The molecule has 0 fully saturated rings. The number of ketones is 1. The van der Waals surface area contributed by atoms with Gasteiger partial charge in [0.25, 0.3) is 0 Å². The first-order chi connectivity index (χ1) is 7.36. The molecule has 0 aliphatic heterocycles. The van der Waals surface area contributed by atoms with E-state index in [1.807, 2.05) is 0 Å². The second kappa shape index (κ2) is 4.82. The Balaban J connectivity index is 3.09. The summed E-state index contributed by atoms with van der Waals surface area (Å²) < 4.78 is 50.2. The van der Waals surface area contributed by atoms with Crippen LogP contribution in [0.4, 0.5) is 17.6 Å². The van der Waals surface area contributed by atoms with Crippen molar-refractivity contribution in [2.45, 2.75) is 12.6 Å². The molecule has 0 aromatic heterocycles. The third kappa shape index (κ3) is 2.95. The van der Waals surface area contributed by atoms with Gasteiger partial charge in [0.1, 0.15) is 5.82 Å². The normalized spacial score (nSPS) is 11.6. The molecular formula is C10H7ClF4O. The largest absolute Gasteiger partial charge is 0.419 e.